The third kappa shape index (κ3) is 3.67. The highest BCUT2D eigenvalue weighted by Crippen LogP contribution is 2.30. The number of pyridine rings is 1. The van der Waals surface area contributed by atoms with Crippen LogP contribution >= 0.6 is 11.3 Å². The molecule has 0 bridgehead atoms. The van der Waals surface area contributed by atoms with E-state index in [-0.39, 0.29) is 6.10 Å². The fourth-order valence-electron chi connectivity index (χ4n) is 3.25. The molecule has 0 saturated carbocycles. The van der Waals surface area contributed by atoms with Gasteiger partial charge in [0.25, 0.3) is 0 Å². The molecular formula is C20H23N3OS. The number of likely N-dealkylation sites (tertiary alicyclic amines) is 1. The molecule has 0 unspecified atom stereocenters. The van der Waals surface area contributed by atoms with Crippen LogP contribution in [0.4, 0.5) is 0 Å². The van der Waals surface area contributed by atoms with E-state index in [2.05, 4.69) is 40.8 Å². The average molecular weight is 353 g/mol. The van der Waals surface area contributed by atoms with Gasteiger partial charge in [-0.25, -0.2) is 9.97 Å². The topological polar surface area (TPSA) is 38.2 Å². The molecule has 4 nitrogen and oxygen atoms in total. The summed E-state index contributed by atoms with van der Waals surface area (Å²) in [5, 5.41) is 1.01. The van der Waals surface area contributed by atoms with Gasteiger partial charge in [-0.2, -0.15) is 0 Å². The van der Waals surface area contributed by atoms with Gasteiger partial charge >= 0.3 is 0 Å². The lowest BCUT2D eigenvalue weighted by Crippen LogP contribution is -2.41. The molecule has 1 aromatic carbocycles. The van der Waals surface area contributed by atoms with Crippen LogP contribution in [0.15, 0.2) is 42.6 Å². The molecule has 0 amide bonds. The predicted molar refractivity (Wildman–Crippen MR) is 103 cm³/mol. The van der Waals surface area contributed by atoms with Crippen molar-refractivity contribution >= 4 is 21.6 Å². The van der Waals surface area contributed by atoms with Crippen molar-refractivity contribution in [3.05, 3.63) is 42.6 Å². The van der Waals surface area contributed by atoms with E-state index in [9.17, 15) is 0 Å². The second-order valence-electron chi connectivity index (χ2n) is 6.82. The Balaban J connectivity index is 1.42. The number of benzene rings is 1. The van der Waals surface area contributed by atoms with Gasteiger partial charge in [-0.15, -0.1) is 11.3 Å². The minimum Gasteiger partial charge on any atom is -0.474 e. The first-order chi connectivity index (χ1) is 12.2. The summed E-state index contributed by atoms with van der Waals surface area (Å²) in [5.41, 5.74) is 2.09. The van der Waals surface area contributed by atoms with Crippen LogP contribution in [-0.2, 0) is 0 Å². The lowest BCUT2D eigenvalue weighted by atomic mass is 10.1. The molecule has 1 fully saturated rings. The zero-order valence-electron chi connectivity index (χ0n) is 14.7. The Morgan fingerprint density at radius 3 is 2.60 bits per heavy atom. The van der Waals surface area contributed by atoms with E-state index < -0.39 is 0 Å². The Morgan fingerprint density at radius 1 is 1.12 bits per heavy atom. The van der Waals surface area contributed by atoms with Gasteiger partial charge in [0.1, 0.15) is 11.1 Å². The molecule has 3 heterocycles. The normalized spacial score (nSPS) is 16.6. The number of rotatable bonds is 4. The standard InChI is InChI=1S/C20H23N3OS/c1-14(2)23-11-9-16(10-12-23)24-19-8-7-15(13-21-19)20-22-17-5-3-4-6-18(17)25-20/h3-8,13-14,16H,9-12H2,1-2H3. The summed E-state index contributed by atoms with van der Waals surface area (Å²) in [5.74, 6) is 0.716. The smallest absolute Gasteiger partial charge is 0.213 e. The van der Waals surface area contributed by atoms with Crippen molar-refractivity contribution in [3.8, 4) is 16.5 Å². The molecule has 0 radical (unpaired) electrons. The van der Waals surface area contributed by atoms with E-state index in [0.717, 1.165) is 42.0 Å². The highest BCUT2D eigenvalue weighted by Gasteiger charge is 2.22. The molecule has 4 rings (SSSR count). The Kier molecular flexibility index (Phi) is 4.68. The molecule has 0 N–H and O–H groups in total. The monoisotopic (exact) mass is 353 g/mol. The quantitative estimate of drug-likeness (QED) is 0.686. The number of fused-ring (bicyclic) bond motifs is 1. The van der Waals surface area contributed by atoms with Gasteiger partial charge < -0.3 is 9.64 Å². The Labute approximate surface area is 152 Å². The van der Waals surface area contributed by atoms with Gasteiger partial charge in [0.05, 0.1) is 10.2 Å². The first kappa shape index (κ1) is 16.5. The number of para-hydroxylation sites is 1. The highest BCUT2D eigenvalue weighted by atomic mass is 32.1. The molecule has 2 aromatic heterocycles. The Hall–Kier alpha value is -1.98. The lowest BCUT2D eigenvalue weighted by molar-refractivity contribution is 0.0813. The van der Waals surface area contributed by atoms with Crippen LogP contribution in [0.3, 0.4) is 0 Å². The van der Waals surface area contributed by atoms with Crippen molar-refractivity contribution in [2.75, 3.05) is 13.1 Å². The molecule has 0 aliphatic carbocycles. The van der Waals surface area contributed by atoms with Crippen LogP contribution < -0.4 is 4.74 Å². The van der Waals surface area contributed by atoms with Gasteiger partial charge in [-0.05, 0) is 44.9 Å². The highest BCUT2D eigenvalue weighted by molar-refractivity contribution is 7.21. The SMILES string of the molecule is CC(C)N1CCC(Oc2ccc(-c3nc4ccccc4s3)cn2)CC1. The van der Waals surface area contributed by atoms with Gasteiger partial charge in [0, 0.05) is 37.0 Å². The largest absolute Gasteiger partial charge is 0.474 e. The summed E-state index contributed by atoms with van der Waals surface area (Å²) < 4.78 is 7.28. The van der Waals surface area contributed by atoms with Gasteiger partial charge in [0.2, 0.25) is 5.88 Å². The van der Waals surface area contributed by atoms with Crippen molar-refractivity contribution in [3.63, 3.8) is 0 Å². The van der Waals surface area contributed by atoms with Crippen molar-refractivity contribution < 1.29 is 4.74 Å². The molecule has 5 heteroatoms. The van der Waals surface area contributed by atoms with Crippen molar-refractivity contribution in [1.29, 1.82) is 0 Å². The molecule has 3 aromatic rings. The van der Waals surface area contributed by atoms with Crippen LogP contribution in [0.2, 0.25) is 0 Å². The molecular weight excluding hydrogens is 330 g/mol. The van der Waals surface area contributed by atoms with Crippen LogP contribution in [0.1, 0.15) is 26.7 Å². The summed E-state index contributed by atoms with van der Waals surface area (Å²) in [6, 6.07) is 12.9. The summed E-state index contributed by atoms with van der Waals surface area (Å²) >= 11 is 1.70. The molecule has 1 saturated heterocycles. The number of nitrogens with zero attached hydrogens (tertiary/aromatic N) is 3. The number of ether oxygens (including phenoxy) is 1. The zero-order valence-corrected chi connectivity index (χ0v) is 15.5. The number of piperidine rings is 1. The minimum absolute atomic E-state index is 0.274. The molecule has 0 spiro atoms. The van der Waals surface area contributed by atoms with Crippen LogP contribution in [0, 0.1) is 0 Å². The number of hydrogen-bond donors (Lipinski definition) is 0. The van der Waals surface area contributed by atoms with Crippen LogP contribution in [0.25, 0.3) is 20.8 Å². The second-order valence-corrected chi connectivity index (χ2v) is 7.85. The predicted octanol–water partition coefficient (Wildman–Crippen LogP) is 4.61. The fourth-order valence-corrected chi connectivity index (χ4v) is 4.21. The van der Waals surface area contributed by atoms with E-state index >= 15 is 0 Å². The maximum Gasteiger partial charge on any atom is 0.213 e. The maximum atomic E-state index is 6.08. The summed E-state index contributed by atoms with van der Waals surface area (Å²) in [6.45, 7) is 6.71. The number of hydrogen-bond acceptors (Lipinski definition) is 5. The molecule has 25 heavy (non-hydrogen) atoms. The second kappa shape index (κ2) is 7.10. The molecule has 0 atom stereocenters. The van der Waals surface area contributed by atoms with Crippen LogP contribution in [0.5, 0.6) is 5.88 Å². The molecule has 1 aliphatic rings. The first-order valence-electron chi connectivity index (χ1n) is 8.92. The van der Waals surface area contributed by atoms with E-state index in [1.165, 1.54) is 4.70 Å². The third-order valence-electron chi connectivity index (χ3n) is 4.77. The van der Waals surface area contributed by atoms with E-state index in [1.54, 1.807) is 11.3 Å². The van der Waals surface area contributed by atoms with Gasteiger partial charge in [-0.1, -0.05) is 12.1 Å². The number of thiazole rings is 1. The Morgan fingerprint density at radius 2 is 1.92 bits per heavy atom. The lowest BCUT2D eigenvalue weighted by Gasteiger charge is -2.34. The van der Waals surface area contributed by atoms with Crippen molar-refractivity contribution in [2.24, 2.45) is 0 Å². The van der Waals surface area contributed by atoms with Crippen LogP contribution in [-0.4, -0.2) is 40.1 Å². The third-order valence-corrected chi connectivity index (χ3v) is 5.86. The minimum atomic E-state index is 0.274. The molecule has 130 valence electrons. The fraction of sp³-hybridized carbons (Fsp3) is 0.400. The molecule has 1 aliphatic heterocycles. The van der Waals surface area contributed by atoms with Gasteiger partial charge in [-0.3, -0.25) is 0 Å². The summed E-state index contributed by atoms with van der Waals surface area (Å²) in [6.07, 6.45) is 4.28. The van der Waals surface area contributed by atoms with E-state index in [0.29, 0.717) is 11.9 Å². The van der Waals surface area contributed by atoms with E-state index in [1.807, 2.05) is 30.5 Å². The Bertz CT molecular complexity index is 803. The van der Waals surface area contributed by atoms with E-state index in [4.69, 9.17) is 4.74 Å². The first-order valence-corrected chi connectivity index (χ1v) is 9.73. The average Bonchev–Trinajstić information content (AvgIpc) is 3.07. The summed E-state index contributed by atoms with van der Waals surface area (Å²) in [7, 11) is 0. The number of aromatic nitrogens is 2. The summed E-state index contributed by atoms with van der Waals surface area (Å²) in [4.78, 5) is 11.7. The van der Waals surface area contributed by atoms with Crippen molar-refractivity contribution in [1.82, 2.24) is 14.9 Å². The zero-order chi connectivity index (χ0) is 17.2. The van der Waals surface area contributed by atoms with Gasteiger partial charge in [0.15, 0.2) is 0 Å². The maximum absolute atomic E-state index is 6.08. The van der Waals surface area contributed by atoms with Crippen molar-refractivity contribution in [2.45, 2.75) is 38.8 Å².